The molecule has 0 spiro atoms. The van der Waals surface area contributed by atoms with E-state index in [0.29, 0.717) is 21.8 Å². The van der Waals surface area contributed by atoms with E-state index in [2.05, 4.69) is 13.8 Å². The van der Waals surface area contributed by atoms with Crippen LogP contribution in [0.3, 0.4) is 0 Å². The highest BCUT2D eigenvalue weighted by Crippen LogP contribution is 2.26. The van der Waals surface area contributed by atoms with Crippen LogP contribution in [0.2, 0.25) is 0 Å². The zero-order valence-corrected chi connectivity index (χ0v) is 17.3. The van der Waals surface area contributed by atoms with Crippen LogP contribution in [-0.2, 0) is 11.8 Å². The summed E-state index contributed by atoms with van der Waals surface area (Å²) in [5, 5.41) is 3.27. The zero-order valence-electron chi connectivity index (χ0n) is 16.5. The van der Waals surface area contributed by atoms with Crippen LogP contribution >= 0.6 is 11.8 Å². The fourth-order valence-electron chi connectivity index (χ4n) is 4.18. The largest absolute Gasteiger partial charge is 0.337 e. The molecule has 0 saturated carbocycles. The molecule has 0 radical (unpaired) electrons. The Hall–Kier alpha value is -2.34. The van der Waals surface area contributed by atoms with Crippen molar-refractivity contribution in [3.63, 3.8) is 0 Å². The smallest absolute Gasteiger partial charge is 0.261 e. The maximum absolute atomic E-state index is 12.9. The minimum absolute atomic E-state index is 0.0783. The van der Waals surface area contributed by atoms with Crippen molar-refractivity contribution in [1.82, 2.24) is 14.5 Å². The van der Waals surface area contributed by atoms with Crippen molar-refractivity contribution in [2.75, 3.05) is 5.75 Å². The number of benzene rings is 2. The monoisotopic (exact) mass is 395 g/mol. The van der Waals surface area contributed by atoms with Crippen LogP contribution in [0.1, 0.15) is 33.1 Å². The highest BCUT2D eigenvalue weighted by atomic mass is 32.2. The van der Waals surface area contributed by atoms with Gasteiger partial charge in [-0.15, -0.1) is 0 Å². The van der Waals surface area contributed by atoms with E-state index in [-0.39, 0.29) is 23.6 Å². The van der Waals surface area contributed by atoms with Gasteiger partial charge in [0, 0.05) is 19.1 Å². The van der Waals surface area contributed by atoms with Crippen molar-refractivity contribution in [3.8, 4) is 0 Å². The van der Waals surface area contributed by atoms with Crippen LogP contribution < -0.4 is 5.56 Å². The van der Waals surface area contributed by atoms with Gasteiger partial charge in [-0.1, -0.05) is 36.0 Å². The number of carbonyl (C=O) groups excluding carboxylic acids is 1. The molecule has 1 saturated heterocycles. The summed E-state index contributed by atoms with van der Waals surface area (Å²) in [4.78, 5) is 32.4. The van der Waals surface area contributed by atoms with E-state index < -0.39 is 0 Å². The molecule has 2 aromatic carbocycles. The molecule has 4 rings (SSSR count). The maximum Gasteiger partial charge on any atom is 0.261 e. The first-order valence-corrected chi connectivity index (χ1v) is 10.8. The molecule has 0 bridgehead atoms. The first-order chi connectivity index (χ1) is 13.5. The fourth-order valence-corrected chi connectivity index (χ4v) is 5.02. The Labute approximate surface area is 168 Å². The third-order valence-electron chi connectivity index (χ3n) is 5.71. The number of fused-ring (bicyclic) bond motifs is 2. The minimum Gasteiger partial charge on any atom is -0.337 e. The van der Waals surface area contributed by atoms with E-state index in [1.54, 1.807) is 11.6 Å². The quantitative estimate of drug-likeness (QED) is 0.383. The molecule has 146 valence electrons. The Morgan fingerprint density at radius 3 is 2.46 bits per heavy atom. The summed E-state index contributed by atoms with van der Waals surface area (Å²) < 4.78 is 1.55. The molecular formula is C22H25N3O2S. The van der Waals surface area contributed by atoms with Gasteiger partial charge in [0.15, 0.2) is 5.16 Å². The third-order valence-corrected chi connectivity index (χ3v) is 6.72. The first-order valence-electron chi connectivity index (χ1n) is 9.79. The second-order valence-electron chi connectivity index (χ2n) is 7.69. The van der Waals surface area contributed by atoms with Crippen molar-refractivity contribution in [1.29, 1.82) is 0 Å². The summed E-state index contributed by atoms with van der Waals surface area (Å²) in [5.74, 6) is 0.422. The summed E-state index contributed by atoms with van der Waals surface area (Å²) in [5.41, 5.74) is 0.599. The Morgan fingerprint density at radius 2 is 1.79 bits per heavy atom. The molecule has 2 atom stereocenters. The lowest BCUT2D eigenvalue weighted by atomic mass is 9.98. The van der Waals surface area contributed by atoms with Crippen molar-refractivity contribution >= 4 is 39.3 Å². The summed E-state index contributed by atoms with van der Waals surface area (Å²) >= 11 is 1.35. The lowest BCUT2D eigenvalue weighted by molar-refractivity contribution is -0.134. The zero-order chi connectivity index (χ0) is 19.8. The number of nitrogens with zero attached hydrogens (tertiary/aromatic N) is 3. The predicted molar refractivity (Wildman–Crippen MR) is 115 cm³/mol. The molecule has 1 aliphatic heterocycles. The SMILES string of the molecule is C[C@@H]1CCC[C@H](C)N1C(=O)CSc1nc2cc3ccccc3cc2c(=O)n1C. The Morgan fingerprint density at radius 1 is 1.14 bits per heavy atom. The number of rotatable bonds is 3. The highest BCUT2D eigenvalue weighted by molar-refractivity contribution is 7.99. The van der Waals surface area contributed by atoms with Gasteiger partial charge in [-0.25, -0.2) is 4.98 Å². The average molecular weight is 396 g/mol. The van der Waals surface area contributed by atoms with Crippen LogP contribution in [0.15, 0.2) is 46.3 Å². The molecular weight excluding hydrogens is 370 g/mol. The van der Waals surface area contributed by atoms with Crippen molar-refractivity contribution in [2.24, 2.45) is 7.05 Å². The number of thioether (sulfide) groups is 1. The van der Waals surface area contributed by atoms with Gasteiger partial charge in [0.25, 0.3) is 5.56 Å². The molecule has 1 amide bonds. The van der Waals surface area contributed by atoms with Gasteiger partial charge in [0.2, 0.25) is 5.91 Å². The van der Waals surface area contributed by atoms with Crippen LogP contribution in [0, 0.1) is 0 Å². The topological polar surface area (TPSA) is 55.2 Å². The van der Waals surface area contributed by atoms with Crippen molar-refractivity contribution < 1.29 is 4.79 Å². The van der Waals surface area contributed by atoms with Gasteiger partial charge >= 0.3 is 0 Å². The number of piperidine rings is 1. The van der Waals surface area contributed by atoms with E-state index in [9.17, 15) is 9.59 Å². The molecule has 5 nitrogen and oxygen atoms in total. The molecule has 2 heterocycles. The number of hydrogen-bond donors (Lipinski definition) is 0. The molecule has 6 heteroatoms. The van der Waals surface area contributed by atoms with Crippen LogP contribution in [-0.4, -0.2) is 38.2 Å². The molecule has 0 aliphatic carbocycles. The molecule has 1 aromatic heterocycles. The second-order valence-corrected chi connectivity index (χ2v) is 8.64. The highest BCUT2D eigenvalue weighted by Gasteiger charge is 2.28. The van der Waals surface area contributed by atoms with E-state index >= 15 is 0 Å². The van der Waals surface area contributed by atoms with Crippen molar-refractivity contribution in [2.45, 2.75) is 50.4 Å². The summed E-state index contributed by atoms with van der Waals surface area (Å²) in [6.07, 6.45) is 3.29. The number of carbonyl (C=O) groups is 1. The Bertz CT molecular complexity index is 1100. The van der Waals surface area contributed by atoms with Gasteiger partial charge in [-0.2, -0.15) is 0 Å². The van der Waals surface area contributed by atoms with E-state index in [4.69, 9.17) is 4.98 Å². The Balaban J connectivity index is 1.63. The summed E-state index contributed by atoms with van der Waals surface area (Å²) in [6, 6.07) is 12.4. The predicted octanol–water partition coefficient (Wildman–Crippen LogP) is 3.97. The van der Waals surface area contributed by atoms with Crippen molar-refractivity contribution in [3.05, 3.63) is 46.8 Å². The summed E-state index contributed by atoms with van der Waals surface area (Å²) in [6.45, 7) is 4.24. The second kappa shape index (κ2) is 7.59. The third kappa shape index (κ3) is 3.41. The molecule has 3 aromatic rings. The Kier molecular flexibility index (Phi) is 5.15. The maximum atomic E-state index is 12.9. The van der Waals surface area contributed by atoms with Crippen LogP contribution in [0.25, 0.3) is 21.7 Å². The molecule has 0 N–H and O–H groups in total. The number of likely N-dealkylation sites (tertiary alicyclic amines) is 1. The molecule has 1 aliphatic rings. The lowest BCUT2D eigenvalue weighted by Crippen LogP contribution is -2.48. The van der Waals surface area contributed by atoms with E-state index in [1.807, 2.05) is 41.3 Å². The lowest BCUT2D eigenvalue weighted by Gasteiger charge is -2.39. The van der Waals surface area contributed by atoms with Gasteiger partial charge in [-0.05, 0) is 56.0 Å². The first kappa shape index (κ1) is 19.0. The number of amides is 1. The number of aromatic nitrogens is 2. The molecule has 1 fully saturated rings. The van der Waals surface area contributed by atoms with Gasteiger partial charge in [0.05, 0.1) is 16.7 Å². The average Bonchev–Trinajstić information content (AvgIpc) is 2.68. The minimum atomic E-state index is -0.0783. The fraction of sp³-hybridized carbons (Fsp3) is 0.409. The van der Waals surface area contributed by atoms with Gasteiger partial charge in [0.1, 0.15) is 0 Å². The van der Waals surface area contributed by atoms with Crippen LogP contribution in [0.4, 0.5) is 0 Å². The summed E-state index contributed by atoms with van der Waals surface area (Å²) in [7, 11) is 1.73. The molecule has 0 unspecified atom stereocenters. The normalized spacial score (nSPS) is 20.0. The van der Waals surface area contributed by atoms with Crippen LogP contribution in [0.5, 0.6) is 0 Å². The van der Waals surface area contributed by atoms with E-state index in [0.717, 1.165) is 23.6 Å². The molecule has 28 heavy (non-hydrogen) atoms. The van der Waals surface area contributed by atoms with Gasteiger partial charge in [-0.3, -0.25) is 14.2 Å². The van der Waals surface area contributed by atoms with Gasteiger partial charge < -0.3 is 4.90 Å². The number of hydrogen-bond acceptors (Lipinski definition) is 4. The standard InChI is InChI=1S/C22H25N3O2S/c1-14-7-6-8-15(2)25(14)20(26)13-28-22-23-19-12-17-10-5-4-9-16(17)11-18(19)21(27)24(22)3/h4-5,9-12,14-15H,6-8,13H2,1-3H3/t14-,15+. The van der Waals surface area contributed by atoms with E-state index in [1.165, 1.54) is 18.2 Å².